The van der Waals surface area contributed by atoms with Crippen LogP contribution in [0, 0.1) is 0 Å². The molecule has 102 valence electrons. The third kappa shape index (κ3) is 2.54. The molecule has 0 fully saturated rings. The molecule has 0 saturated heterocycles. The van der Waals surface area contributed by atoms with Crippen molar-refractivity contribution >= 4 is 0 Å². The zero-order valence-electron chi connectivity index (χ0n) is 10.8. The number of fused-ring (bicyclic) bond motifs is 1. The molecule has 0 aliphatic heterocycles. The largest absolute Gasteiger partial charge is 0.394 e. The molecule has 6 nitrogen and oxygen atoms in total. The minimum atomic E-state index is 0.139. The quantitative estimate of drug-likeness (QED) is 0.742. The number of rotatable bonds is 5. The van der Waals surface area contributed by atoms with Gasteiger partial charge in [0.2, 0.25) is 0 Å². The van der Waals surface area contributed by atoms with Crippen LogP contribution in [0.2, 0.25) is 0 Å². The van der Waals surface area contributed by atoms with Crippen LogP contribution in [0.4, 0.5) is 0 Å². The topological polar surface area (TPSA) is 78.8 Å². The Kier molecular flexibility index (Phi) is 3.61. The second-order valence-electron chi connectivity index (χ2n) is 4.90. The molecule has 1 aliphatic carbocycles. The van der Waals surface area contributed by atoms with Crippen LogP contribution in [-0.4, -0.2) is 31.7 Å². The first-order valence-electron chi connectivity index (χ1n) is 6.75. The lowest BCUT2D eigenvalue weighted by Crippen LogP contribution is -2.25. The van der Waals surface area contributed by atoms with Gasteiger partial charge in [0.05, 0.1) is 19.3 Å². The summed E-state index contributed by atoms with van der Waals surface area (Å²) >= 11 is 0. The average Bonchev–Trinajstić information content (AvgIpc) is 3.07. The Labute approximate surface area is 111 Å². The van der Waals surface area contributed by atoms with Crippen LogP contribution >= 0.6 is 0 Å². The Morgan fingerprint density at radius 3 is 3.26 bits per heavy atom. The van der Waals surface area contributed by atoms with Crippen molar-refractivity contribution in [2.45, 2.75) is 38.4 Å². The first-order chi connectivity index (χ1) is 9.38. The predicted molar refractivity (Wildman–Crippen MR) is 70.4 cm³/mol. The van der Waals surface area contributed by atoms with Crippen LogP contribution in [0.15, 0.2) is 18.5 Å². The molecule has 1 unspecified atom stereocenters. The van der Waals surface area contributed by atoms with Crippen LogP contribution in [-0.2, 0) is 19.5 Å². The van der Waals surface area contributed by atoms with E-state index in [2.05, 4.69) is 20.6 Å². The van der Waals surface area contributed by atoms with Crippen LogP contribution in [0.3, 0.4) is 0 Å². The van der Waals surface area contributed by atoms with Gasteiger partial charge in [-0.3, -0.25) is 9.78 Å². The summed E-state index contributed by atoms with van der Waals surface area (Å²) in [6.45, 7) is 1.51. The summed E-state index contributed by atoms with van der Waals surface area (Å²) in [4.78, 5) is 0. The molecule has 1 atom stereocenters. The average molecular weight is 261 g/mol. The molecule has 0 radical (unpaired) electrons. The van der Waals surface area contributed by atoms with E-state index >= 15 is 0 Å². The molecule has 3 N–H and O–H groups in total. The van der Waals surface area contributed by atoms with E-state index in [-0.39, 0.29) is 6.61 Å². The van der Waals surface area contributed by atoms with Crippen molar-refractivity contribution in [3.05, 3.63) is 35.4 Å². The lowest BCUT2D eigenvalue weighted by molar-refractivity contribution is 0.266. The molecule has 0 amide bonds. The van der Waals surface area contributed by atoms with Gasteiger partial charge in [-0.15, -0.1) is 0 Å². The Hall–Kier alpha value is -1.66. The fraction of sp³-hybridized carbons (Fsp3) is 0.538. The van der Waals surface area contributed by atoms with Gasteiger partial charge < -0.3 is 10.4 Å². The summed E-state index contributed by atoms with van der Waals surface area (Å²) < 4.78 is 1.93. The van der Waals surface area contributed by atoms with Crippen LogP contribution < -0.4 is 5.32 Å². The van der Waals surface area contributed by atoms with Gasteiger partial charge in [-0.25, -0.2) is 0 Å². The summed E-state index contributed by atoms with van der Waals surface area (Å²) in [5.41, 5.74) is 3.64. The van der Waals surface area contributed by atoms with Gasteiger partial charge in [-0.1, -0.05) is 0 Å². The van der Waals surface area contributed by atoms with E-state index in [1.54, 1.807) is 6.20 Å². The van der Waals surface area contributed by atoms with E-state index in [9.17, 15) is 0 Å². The zero-order chi connectivity index (χ0) is 13.1. The number of aliphatic hydroxyl groups excluding tert-OH is 1. The highest BCUT2D eigenvalue weighted by atomic mass is 16.3. The predicted octanol–water partition coefficient (Wildman–Crippen LogP) is 0.766. The molecule has 2 heterocycles. The molecule has 2 aromatic heterocycles. The number of aliphatic hydroxyl groups is 1. The van der Waals surface area contributed by atoms with E-state index in [1.165, 1.54) is 11.3 Å². The van der Waals surface area contributed by atoms with Crippen molar-refractivity contribution < 1.29 is 5.11 Å². The fourth-order valence-electron chi connectivity index (χ4n) is 2.73. The summed E-state index contributed by atoms with van der Waals surface area (Å²) in [7, 11) is 0. The van der Waals surface area contributed by atoms with Crippen LogP contribution in [0.1, 0.15) is 35.8 Å². The van der Waals surface area contributed by atoms with Crippen molar-refractivity contribution in [3.8, 4) is 0 Å². The molecule has 1 aliphatic rings. The summed E-state index contributed by atoms with van der Waals surface area (Å²) in [6.07, 6.45) is 7.05. The van der Waals surface area contributed by atoms with Crippen molar-refractivity contribution in [1.29, 1.82) is 0 Å². The highest BCUT2D eigenvalue weighted by Crippen LogP contribution is 2.29. The molecule has 19 heavy (non-hydrogen) atoms. The molecule has 3 rings (SSSR count). The van der Waals surface area contributed by atoms with Gasteiger partial charge in [-0.05, 0) is 25.3 Å². The fourth-order valence-corrected chi connectivity index (χ4v) is 2.73. The van der Waals surface area contributed by atoms with Gasteiger partial charge in [-0.2, -0.15) is 10.2 Å². The first kappa shape index (κ1) is 12.4. The Morgan fingerprint density at radius 2 is 2.47 bits per heavy atom. The van der Waals surface area contributed by atoms with Gasteiger partial charge >= 0.3 is 0 Å². The van der Waals surface area contributed by atoms with E-state index in [4.69, 9.17) is 5.11 Å². The second-order valence-corrected chi connectivity index (χ2v) is 4.90. The molecular formula is C13H19N5O. The van der Waals surface area contributed by atoms with E-state index in [0.717, 1.165) is 31.5 Å². The second kappa shape index (κ2) is 5.54. The number of hydrogen-bond acceptors (Lipinski definition) is 4. The third-order valence-electron chi connectivity index (χ3n) is 3.67. The lowest BCUT2D eigenvalue weighted by Gasteiger charge is -2.24. The first-order valence-corrected chi connectivity index (χ1v) is 6.75. The number of H-pyrrole nitrogens is 1. The van der Waals surface area contributed by atoms with Gasteiger partial charge in [0, 0.05) is 35.7 Å². The van der Waals surface area contributed by atoms with Crippen molar-refractivity contribution in [1.82, 2.24) is 25.3 Å². The number of nitrogens with zero attached hydrogens (tertiary/aromatic N) is 3. The smallest absolute Gasteiger partial charge is 0.0644 e. The molecular weight excluding hydrogens is 242 g/mol. The van der Waals surface area contributed by atoms with Gasteiger partial charge in [0.25, 0.3) is 0 Å². The number of hydrogen-bond donors (Lipinski definition) is 3. The molecule has 2 aromatic rings. The highest BCUT2D eigenvalue weighted by molar-refractivity contribution is 5.25. The SMILES string of the molecule is OCCn1ncc2c1CCCC2NCc1ccn[nH]1. The summed E-state index contributed by atoms with van der Waals surface area (Å²) in [6, 6.07) is 2.32. The number of aromatic nitrogens is 4. The van der Waals surface area contributed by atoms with E-state index < -0.39 is 0 Å². The van der Waals surface area contributed by atoms with E-state index in [0.29, 0.717) is 12.6 Å². The molecule has 6 heteroatoms. The highest BCUT2D eigenvalue weighted by Gasteiger charge is 2.23. The third-order valence-corrected chi connectivity index (χ3v) is 3.67. The Bertz CT molecular complexity index is 519. The van der Waals surface area contributed by atoms with Crippen molar-refractivity contribution in [3.63, 3.8) is 0 Å². The zero-order valence-corrected chi connectivity index (χ0v) is 10.8. The van der Waals surface area contributed by atoms with Crippen LogP contribution in [0.25, 0.3) is 0 Å². The van der Waals surface area contributed by atoms with Gasteiger partial charge in [0.1, 0.15) is 0 Å². The minimum Gasteiger partial charge on any atom is -0.394 e. The number of aromatic amines is 1. The molecule has 0 spiro atoms. The Morgan fingerprint density at radius 1 is 1.53 bits per heavy atom. The van der Waals surface area contributed by atoms with E-state index in [1.807, 2.05) is 16.9 Å². The lowest BCUT2D eigenvalue weighted by atomic mass is 9.93. The summed E-state index contributed by atoms with van der Waals surface area (Å²) in [5, 5.41) is 23.9. The molecule has 0 saturated carbocycles. The standard InChI is InChI=1S/C13H19N5O/c19-7-6-18-13-3-1-2-12(11(13)9-16-18)14-8-10-4-5-15-17-10/h4-5,9,12,14,19H,1-3,6-8H2,(H,15,17). The van der Waals surface area contributed by atoms with Crippen molar-refractivity contribution in [2.75, 3.05) is 6.61 Å². The molecule has 0 bridgehead atoms. The maximum Gasteiger partial charge on any atom is 0.0644 e. The maximum atomic E-state index is 9.05. The minimum absolute atomic E-state index is 0.139. The number of nitrogens with one attached hydrogen (secondary N) is 2. The van der Waals surface area contributed by atoms with Crippen molar-refractivity contribution in [2.24, 2.45) is 0 Å². The van der Waals surface area contributed by atoms with Gasteiger partial charge in [0.15, 0.2) is 0 Å². The summed E-state index contributed by atoms with van der Waals surface area (Å²) in [5.74, 6) is 0. The maximum absolute atomic E-state index is 9.05. The Balaban J connectivity index is 1.71. The monoisotopic (exact) mass is 261 g/mol. The molecule has 0 aromatic carbocycles. The van der Waals surface area contributed by atoms with Crippen LogP contribution in [0.5, 0.6) is 0 Å². The normalized spacial score (nSPS) is 18.5.